The van der Waals surface area contributed by atoms with Gasteiger partial charge in [0.25, 0.3) is 0 Å². The number of benzene rings is 2. The molecule has 0 aliphatic carbocycles. The summed E-state index contributed by atoms with van der Waals surface area (Å²) in [4.78, 5) is 0. The monoisotopic (exact) mass is 329 g/mol. The Morgan fingerprint density at radius 2 is 1.81 bits per heavy atom. The Labute approximate surface area is 132 Å². The smallest absolute Gasteiger partial charge is 0.146 e. The maximum atomic E-state index is 14.0. The number of methoxy groups -OCH3 is 2. The van der Waals surface area contributed by atoms with E-state index in [4.69, 9.17) is 38.4 Å². The van der Waals surface area contributed by atoms with E-state index in [9.17, 15) is 4.39 Å². The van der Waals surface area contributed by atoms with E-state index < -0.39 is 11.9 Å². The average molecular weight is 330 g/mol. The summed E-state index contributed by atoms with van der Waals surface area (Å²) in [6.45, 7) is 0. The minimum absolute atomic E-state index is 0.193. The van der Waals surface area contributed by atoms with Gasteiger partial charge in [0.1, 0.15) is 22.3 Å². The summed E-state index contributed by atoms with van der Waals surface area (Å²) in [6.07, 6.45) is 0. The number of nitrogens with two attached hydrogens (primary N) is 1. The molecule has 0 saturated carbocycles. The van der Waals surface area contributed by atoms with Crippen molar-refractivity contribution in [2.24, 2.45) is 5.73 Å². The van der Waals surface area contributed by atoms with Crippen molar-refractivity contribution in [3.63, 3.8) is 0 Å². The van der Waals surface area contributed by atoms with E-state index in [1.54, 1.807) is 18.2 Å². The van der Waals surface area contributed by atoms with Gasteiger partial charge in [0, 0.05) is 16.1 Å². The van der Waals surface area contributed by atoms with Crippen LogP contribution in [0, 0.1) is 5.82 Å². The van der Waals surface area contributed by atoms with Crippen LogP contribution in [0.1, 0.15) is 17.2 Å². The van der Waals surface area contributed by atoms with Crippen LogP contribution < -0.4 is 15.2 Å². The molecule has 0 aromatic heterocycles. The molecule has 2 N–H and O–H groups in total. The molecule has 112 valence electrons. The van der Waals surface area contributed by atoms with Crippen LogP contribution in [-0.4, -0.2) is 14.2 Å². The molecule has 0 amide bonds. The zero-order chi connectivity index (χ0) is 15.6. The third kappa shape index (κ3) is 2.93. The maximum Gasteiger partial charge on any atom is 0.146 e. The van der Waals surface area contributed by atoms with E-state index in [0.717, 1.165) is 0 Å². The second kappa shape index (κ2) is 6.52. The molecule has 0 fully saturated rings. The van der Waals surface area contributed by atoms with E-state index in [1.807, 2.05) is 0 Å². The molecule has 0 aliphatic rings. The van der Waals surface area contributed by atoms with Crippen molar-refractivity contribution in [2.75, 3.05) is 14.2 Å². The van der Waals surface area contributed by atoms with Gasteiger partial charge in [-0.05, 0) is 24.3 Å². The second-order valence-corrected chi connectivity index (χ2v) is 5.10. The molecule has 3 nitrogen and oxygen atoms in total. The van der Waals surface area contributed by atoms with Gasteiger partial charge in [0.05, 0.1) is 20.3 Å². The van der Waals surface area contributed by atoms with Gasteiger partial charge in [-0.15, -0.1) is 0 Å². The van der Waals surface area contributed by atoms with Crippen LogP contribution in [0.25, 0.3) is 0 Å². The molecule has 0 heterocycles. The first-order chi connectivity index (χ1) is 10.0. The number of hydrogen-bond acceptors (Lipinski definition) is 3. The van der Waals surface area contributed by atoms with Crippen molar-refractivity contribution in [1.82, 2.24) is 0 Å². The van der Waals surface area contributed by atoms with Gasteiger partial charge in [-0.2, -0.15) is 0 Å². The molecule has 1 atom stereocenters. The van der Waals surface area contributed by atoms with Crippen molar-refractivity contribution in [1.29, 1.82) is 0 Å². The molecular formula is C15H14Cl2FNO2. The van der Waals surface area contributed by atoms with Crippen LogP contribution in [-0.2, 0) is 0 Å². The summed E-state index contributed by atoms with van der Waals surface area (Å²) in [6, 6.07) is 6.92. The van der Waals surface area contributed by atoms with Crippen LogP contribution in [0.5, 0.6) is 11.5 Å². The Balaban J connectivity index is 2.59. The largest absolute Gasteiger partial charge is 0.495 e. The second-order valence-electron chi connectivity index (χ2n) is 4.32. The standard InChI is InChI=1S/C15H14Cl2FNO2/c1-20-11-7-6-8(15(21-2)13(11)17)14(19)12-9(16)4-3-5-10(12)18/h3-7,14H,19H2,1-2H3. The zero-order valence-electron chi connectivity index (χ0n) is 11.5. The topological polar surface area (TPSA) is 44.5 Å². The van der Waals surface area contributed by atoms with Crippen LogP contribution in [0.15, 0.2) is 30.3 Å². The molecule has 0 radical (unpaired) electrons. The average Bonchev–Trinajstić information content (AvgIpc) is 2.46. The number of ether oxygens (including phenoxy) is 2. The summed E-state index contributed by atoms with van der Waals surface area (Å²) >= 11 is 12.2. The highest BCUT2D eigenvalue weighted by molar-refractivity contribution is 6.33. The highest BCUT2D eigenvalue weighted by Crippen LogP contribution is 2.41. The molecule has 0 aliphatic heterocycles. The van der Waals surface area contributed by atoms with Gasteiger partial charge >= 0.3 is 0 Å². The zero-order valence-corrected chi connectivity index (χ0v) is 13.0. The number of hydrogen-bond donors (Lipinski definition) is 1. The Morgan fingerprint density at radius 3 is 2.38 bits per heavy atom. The molecule has 6 heteroatoms. The molecule has 1 unspecified atom stereocenters. The van der Waals surface area contributed by atoms with Crippen molar-refractivity contribution >= 4 is 23.2 Å². The van der Waals surface area contributed by atoms with Gasteiger partial charge < -0.3 is 15.2 Å². The molecule has 0 saturated heterocycles. The molecule has 2 aromatic rings. The van der Waals surface area contributed by atoms with Crippen molar-refractivity contribution in [3.05, 3.63) is 57.3 Å². The number of rotatable bonds is 4. The Morgan fingerprint density at radius 1 is 1.10 bits per heavy atom. The molecule has 2 rings (SSSR count). The predicted molar refractivity (Wildman–Crippen MR) is 82.0 cm³/mol. The van der Waals surface area contributed by atoms with E-state index in [1.165, 1.54) is 26.4 Å². The van der Waals surface area contributed by atoms with Crippen LogP contribution in [0.2, 0.25) is 10.0 Å². The summed E-state index contributed by atoms with van der Waals surface area (Å²) in [5, 5.41) is 0.525. The molecular weight excluding hydrogens is 316 g/mol. The highest BCUT2D eigenvalue weighted by atomic mass is 35.5. The summed E-state index contributed by atoms with van der Waals surface area (Å²) < 4.78 is 24.4. The molecule has 21 heavy (non-hydrogen) atoms. The van der Waals surface area contributed by atoms with Gasteiger partial charge in [0.15, 0.2) is 0 Å². The summed E-state index contributed by atoms with van der Waals surface area (Å²) in [7, 11) is 2.95. The Kier molecular flexibility index (Phi) is 4.93. The van der Waals surface area contributed by atoms with E-state index in [0.29, 0.717) is 17.1 Å². The van der Waals surface area contributed by atoms with E-state index in [-0.39, 0.29) is 15.6 Å². The lowest BCUT2D eigenvalue weighted by Crippen LogP contribution is -2.15. The lowest BCUT2D eigenvalue weighted by molar-refractivity contribution is 0.390. The fraction of sp³-hybridized carbons (Fsp3) is 0.200. The van der Waals surface area contributed by atoms with Gasteiger partial charge in [-0.25, -0.2) is 4.39 Å². The van der Waals surface area contributed by atoms with Crippen LogP contribution in [0.3, 0.4) is 0 Å². The molecule has 0 bridgehead atoms. The normalized spacial score (nSPS) is 12.1. The predicted octanol–water partition coefficient (Wildman–Crippen LogP) is 4.20. The Hall–Kier alpha value is -1.49. The fourth-order valence-electron chi connectivity index (χ4n) is 2.13. The molecule has 0 spiro atoms. The lowest BCUT2D eigenvalue weighted by atomic mass is 9.98. The van der Waals surface area contributed by atoms with Crippen LogP contribution >= 0.6 is 23.2 Å². The third-order valence-corrected chi connectivity index (χ3v) is 3.85. The quantitative estimate of drug-likeness (QED) is 0.914. The maximum absolute atomic E-state index is 14.0. The third-order valence-electron chi connectivity index (χ3n) is 3.16. The van der Waals surface area contributed by atoms with Crippen molar-refractivity contribution in [3.8, 4) is 11.5 Å². The minimum atomic E-state index is -0.808. The van der Waals surface area contributed by atoms with Crippen LogP contribution in [0.4, 0.5) is 4.39 Å². The summed E-state index contributed by atoms with van der Waals surface area (Å²) in [5.74, 6) is 0.302. The van der Waals surface area contributed by atoms with E-state index >= 15 is 0 Å². The van der Waals surface area contributed by atoms with Crippen molar-refractivity contribution < 1.29 is 13.9 Å². The number of halogens is 3. The minimum Gasteiger partial charge on any atom is -0.495 e. The first kappa shape index (κ1) is 15.9. The highest BCUT2D eigenvalue weighted by Gasteiger charge is 2.23. The van der Waals surface area contributed by atoms with Gasteiger partial charge in [-0.1, -0.05) is 29.3 Å². The SMILES string of the molecule is COc1ccc(C(N)c2c(F)cccc2Cl)c(OC)c1Cl. The first-order valence-electron chi connectivity index (χ1n) is 6.11. The van der Waals surface area contributed by atoms with Gasteiger partial charge in [0.2, 0.25) is 0 Å². The lowest BCUT2D eigenvalue weighted by Gasteiger charge is -2.19. The first-order valence-corrected chi connectivity index (χ1v) is 6.86. The van der Waals surface area contributed by atoms with E-state index in [2.05, 4.69) is 0 Å². The Bertz CT molecular complexity index is 644. The molecule has 2 aromatic carbocycles. The van der Waals surface area contributed by atoms with Gasteiger partial charge in [-0.3, -0.25) is 0 Å². The van der Waals surface area contributed by atoms with Crippen molar-refractivity contribution in [2.45, 2.75) is 6.04 Å². The summed E-state index contributed by atoms with van der Waals surface area (Å²) in [5.41, 5.74) is 6.87. The fourth-order valence-corrected chi connectivity index (χ4v) is 2.73.